The highest BCUT2D eigenvalue weighted by Gasteiger charge is 2.11. The normalized spacial score (nSPS) is 10.6. The Bertz CT molecular complexity index is 666. The smallest absolute Gasteiger partial charge is 0.268 e. The summed E-state index contributed by atoms with van der Waals surface area (Å²) in [5, 5.41) is 16.0. The van der Waals surface area contributed by atoms with Crippen molar-refractivity contribution >= 4 is 11.8 Å². The van der Waals surface area contributed by atoms with Crippen LogP contribution in [0, 0.1) is 11.3 Å². The molecule has 1 aromatic carbocycles. The molecule has 6 heteroatoms. The van der Waals surface area contributed by atoms with Gasteiger partial charge in [0.05, 0.1) is 11.6 Å². The predicted molar refractivity (Wildman–Crippen MR) is 74.0 cm³/mol. The molecule has 1 N–H and O–H groups in total. The van der Waals surface area contributed by atoms with Crippen molar-refractivity contribution in [3.05, 3.63) is 45.9 Å². The number of hydrogen-bond acceptors (Lipinski definition) is 4. The fraction of sp³-hybridized carbons (Fsp3) is 0.308. The Morgan fingerprint density at radius 3 is 3.00 bits per heavy atom. The van der Waals surface area contributed by atoms with Crippen molar-refractivity contribution in [2.24, 2.45) is 0 Å². The van der Waals surface area contributed by atoms with Crippen LogP contribution in [0.3, 0.4) is 0 Å². The van der Waals surface area contributed by atoms with E-state index in [-0.39, 0.29) is 11.7 Å². The van der Waals surface area contributed by atoms with Crippen molar-refractivity contribution in [3.8, 4) is 6.07 Å². The van der Waals surface area contributed by atoms with Crippen LogP contribution in [-0.4, -0.2) is 14.8 Å². The summed E-state index contributed by atoms with van der Waals surface area (Å²) in [7, 11) is 0. The van der Waals surface area contributed by atoms with E-state index in [0.717, 1.165) is 5.56 Å². The molecule has 0 saturated carbocycles. The highest BCUT2D eigenvalue weighted by atomic mass is 32.2. The van der Waals surface area contributed by atoms with Gasteiger partial charge >= 0.3 is 5.69 Å². The summed E-state index contributed by atoms with van der Waals surface area (Å²) in [5.74, 6) is 0.673. The Labute approximate surface area is 115 Å². The average molecular weight is 274 g/mol. The molecular weight excluding hydrogens is 260 g/mol. The van der Waals surface area contributed by atoms with E-state index in [9.17, 15) is 4.79 Å². The third kappa shape index (κ3) is 3.06. The zero-order valence-electron chi connectivity index (χ0n) is 10.8. The van der Waals surface area contributed by atoms with Crippen LogP contribution in [0.1, 0.15) is 31.0 Å². The van der Waals surface area contributed by atoms with Crippen molar-refractivity contribution in [2.45, 2.75) is 30.8 Å². The molecular formula is C13H14N4OS. The van der Waals surface area contributed by atoms with Gasteiger partial charge in [0.15, 0.2) is 5.16 Å². The van der Waals surface area contributed by atoms with Gasteiger partial charge in [-0.25, -0.2) is 9.89 Å². The Kier molecular flexibility index (Phi) is 4.07. The number of thioether (sulfide) groups is 1. The molecule has 5 nitrogen and oxygen atoms in total. The summed E-state index contributed by atoms with van der Waals surface area (Å²) in [6, 6.07) is 9.61. The van der Waals surface area contributed by atoms with Gasteiger partial charge in [0.2, 0.25) is 0 Å². The lowest BCUT2D eigenvalue weighted by atomic mass is 10.2. The van der Waals surface area contributed by atoms with Crippen molar-refractivity contribution in [3.63, 3.8) is 0 Å². The molecule has 0 atom stereocenters. The summed E-state index contributed by atoms with van der Waals surface area (Å²) in [6.45, 7) is 3.88. The van der Waals surface area contributed by atoms with E-state index in [1.165, 1.54) is 11.8 Å². The molecule has 0 aliphatic carbocycles. The number of aromatic amines is 1. The maximum atomic E-state index is 11.6. The molecule has 1 aromatic heterocycles. The van der Waals surface area contributed by atoms with Crippen LogP contribution < -0.4 is 5.69 Å². The van der Waals surface area contributed by atoms with Gasteiger partial charge in [-0.2, -0.15) is 5.26 Å². The van der Waals surface area contributed by atoms with E-state index >= 15 is 0 Å². The fourth-order valence-corrected chi connectivity index (χ4v) is 2.74. The van der Waals surface area contributed by atoms with Crippen LogP contribution in [0.5, 0.6) is 0 Å². The SMILES string of the molecule is CC(C)n1c(SCc2cccc(C#N)c2)n[nH]c1=O. The van der Waals surface area contributed by atoms with Crippen LogP contribution in [0.15, 0.2) is 34.2 Å². The first-order valence-electron chi connectivity index (χ1n) is 5.90. The molecule has 0 saturated heterocycles. The molecule has 2 aromatic rings. The Hall–Kier alpha value is -2.00. The van der Waals surface area contributed by atoms with E-state index in [1.54, 1.807) is 10.6 Å². The second-order valence-electron chi connectivity index (χ2n) is 4.38. The topological polar surface area (TPSA) is 74.5 Å². The van der Waals surface area contributed by atoms with Crippen molar-refractivity contribution < 1.29 is 0 Å². The van der Waals surface area contributed by atoms with Gasteiger partial charge in [0, 0.05) is 11.8 Å². The molecule has 0 aliphatic heterocycles. The second kappa shape index (κ2) is 5.76. The van der Waals surface area contributed by atoms with Gasteiger partial charge in [-0.15, -0.1) is 5.10 Å². The minimum atomic E-state index is -0.191. The quantitative estimate of drug-likeness (QED) is 0.868. The molecule has 98 valence electrons. The standard InChI is InChI=1S/C13H14N4OS/c1-9(2)17-12(18)15-16-13(17)19-8-11-5-3-4-10(6-11)7-14/h3-6,9H,8H2,1-2H3,(H,15,18). The average Bonchev–Trinajstić information content (AvgIpc) is 2.78. The number of benzene rings is 1. The Morgan fingerprint density at radius 2 is 2.32 bits per heavy atom. The Balaban J connectivity index is 2.15. The molecule has 0 bridgehead atoms. The predicted octanol–water partition coefficient (Wildman–Crippen LogP) is 2.32. The Morgan fingerprint density at radius 1 is 1.53 bits per heavy atom. The van der Waals surface area contributed by atoms with Gasteiger partial charge < -0.3 is 0 Å². The maximum Gasteiger partial charge on any atom is 0.344 e. The lowest BCUT2D eigenvalue weighted by molar-refractivity contribution is 0.534. The molecule has 19 heavy (non-hydrogen) atoms. The third-order valence-corrected chi connectivity index (χ3v) is 3.64. The largest absolute Gasteiger partial charge is 0.344 e. The first kappa shape index (κ1) is 13.4. The van der Waals surface area contributed by atoms with Crippen LogP contribution >= 0.6 is 11.8 Å². The van der Waals surface area contributed by atoms with Gasteiger partial charge in [-0.05, 0) is 31.5 Å². The minimum Gasteiger partial charge on any atom is -0.268 e. The highest BCUT2D eigenvalue weighted by Crippen LogP contribution is 2.22. The first-order valence-corrected chi connectivity index (χ1v) is 6.89. The summed E-state index contributed by atoms with van der Waals surface area (Å²) in [5.41, 5.74) is 1.49. The van der Waals surface area contributed by atoms with Crippen LogP contribution in [0.4, 0.5) is 0 Å². The van der Waals surface area contributed by atoms with Crippen molar-refractivity contribution in [1.82, 2.24) is 14.8 Å². The van der Waals surface area contributed by atoms with Gasteiger partial charge in [0.25, 0.3) is 0 Å². The summed E-state index contributed by atoms with van der Waals surface area (Å²) < 4.78 is 1.62. The summed E-state index contributed by atoms with van der Waals surface area (Å²) in [6.07, 6.45) is 0. The number of H-pyrrole nitrogens is 1. The number of nitrogens with zero attached hydrogens (tertiary/aromatic N) is 3. The summed E-state index contributed by atoms with van der Waals surface area (Å²) >= 11 is 1.48. The highest BCUT2D eigenvalue weighted by molar-refractivity contribution is 7.98. The fourth-order valence-electron chi connectivity index (χ4n) is 1.73. The molecule has 0 fully saturated rings. The third-order valence-electron chi connectivity index (χ3n) is 2.61. The summed E-state index contributed by atoms with van der Waals surface area (Å²) in [4.78, 5) is 11.6. The molecule has 0 radical (unpaired) electrons. The molecule has 2 rings (SSSR count). The van der Waals surface area contributed by atoms with E-state index in [4.69, 9.17) is 5.26 Å². The van der Waals surface area contributed by atoms with E-state index in [0.29, 0.717) is 16.5 Å². The monoisotopic (exact) mass is 274 g/mol. The van der Waals surface area contributed by atoms with Crippen molar-refractivity contribution in [1.29, 1.82) is 5.26 Å². The lowest BCUT2D eigenvalue weighted by Gasteiger charge is -2.08. The van der Waals surface area contributed by atoms with Crippen molar-refractivity contribution in [2.75, 3.05) is 0 Å². The molecule has 1 heterocycles. The van der Waals surface area contributed by atoms with Gasteiger partial charge in [-0.1, -0.05) is 23.9 Å². The van der Waals surface area contributed by atoms with Gasteiger partial charge in [0.1, 0.15) is 0 Å². The van der Waals surface area contributed by atoms with Crippen LogP contribution in [-0.2, 0) is 5.75 Å². The van der Waals surface area contributed by atoms with Crippen LogP contribution in [0.2, 0.25) is 0 Å². The zero-order chi connectivity index (χ0) is 13.8. The van der Waals surface area contributed by atoms with Crippen LogP contribution in [0.25, 0.3) is 0 Å². The molecule has 0 amide bonds. The second-order valence-corrected chi connectivity index (χ2v) is 5.32. The molecule has 0 spiro atoms. The number of nitrogens with one attached hydrogen (secondary N) is 1. The van der Waals surface area contributed by atoms with E-state index in [1.807, 2.05) is 32.0 Å². The zero-order valence-corrected chi connectivity index (χ0v) is 11.6. The molecule has 0 aliphatic rings. The lowest BCUT2D eigenvalue weighted by Crippen LogP contribution is -2.19. The number of hydrogen-bond donors (Lipinski definition) is 1. The minimum absolute atomic E-state index is 0.0687. The maximum absolute atomic E-state index is 11.6. The van der Waals surface area contributed by atoms with E-state index < -0.39 is 0 Å². The van der Waals surface area contributed by atoms with Gasteiger partial charge in [-0.3, -0.25) is 4.57 Å². The number of aromatic nitrogens is 3. The van der Waals surface area contributed by atoms with E-state index in [2.05, 4.69) is 16.3 Å². The number of rotatable bonds is 4. The first-order chi connectivity index (χ1) is 9.11. The number of nitriles is 1. The molecule has 0 unspecified atom stereocenters.